The van der Waals surface area contributed by atoms with Crippen molar-refractivity contribution in [1.29, 1.82) is 0 Å². The Balaban J connectivity index is 1.68. The van der Waals surface area contributed by atoms with E-state index in [-0.39, 0.29) is 5.97 Å². The summed E-state index contributed by atoms with van der Waals surface area (Å²) >= 11 is 6.17. The molecule has 0 aromatic heterocycles. The van der Waals surface area contributed by atoms with E-state index in [9.17, 15) is 4.79 Å². The summed E-state index contributed by atoms with van der Waals surface area (Å²) in [6.45, 7) is 0. The van der Waals surface area contributed by atoms with Crippen LogP contribution < -0.4 is 4.74 Å². The molecule has 114 valence electrons. The van der Waals surface area contributed by atoms with Crippen molar-refractivity contribution in [3.8, 4) is 5.75 Å². The highest BCUT2D eigenvalue weighted by atomic mass is 35.5. The van der Waals surface area contributed by atoms with E-state index < -0.39 is 0 Å². The van der Waals surface area contributed by atoms with E-state index >= 15 is 0 Å². The summed E-state index contributed by atoms with van der Waals surface area (Å²) < 4.78 is 5.36. The highest BCUT2D eigenvalue weighted by Gasteiger charge is 2.08. The second-order valence-corrected chi connectivity index (χ2v) is 5.57. The van der Waals surface area contributed by atoms with Crippen molar-refractivity contribution in [3.05, 3.63) is 101 Å². The Morgan fingerprint density at radius 3 is 2.17 bits per heavy atom. The van der Waals surface area contributed by atoms with E-state index in [1.807, 2.05) is 54.6 Å². The number of carbonyl (C=O) groups excluding carboxylic acids is 1. The van der Waals surface area contributed by atoms with Crippen molar-refractivity contribution < 1.29 is 9.53 Å². The van der Waals surface area contributed by atoms with Gasteiger partial charge in [0.1, 0.15) is 5.75 Å². The summed E-state index contributed by atoms with van der Waals surface area (Å²) in [6, 6.07) is 24.2. The molecule has 2 nitrogen and oxygen atoms in total. The zero-order chi connectivity index (χ0) is 16.1. The van der Waals surface area contributed by atoms with Crippen LogP contribution in [0.15, 0.2) is 78.9 Å². The third-order valence-corrected chi connectivity index (χ3v) is 3.86. The molecule has 0 amide bonds. The molecule has 3 aromatic carbocycles. The topological polar surface area (TPSA) is 26.3 Å². The van der Waals surface area contributed by atoms with Gasteiger partial charge in [0, 0.05) is 5.02 Å². The lowest BCUT2D eigenvalue weighted by molar-refractivity contribution is 0.0734. The fourth-order valence-corrected chi connectivity index (χ4v) is 2.48. The first-order chi connectivity index (χ1) is 11.2. The van der Waals surface area contributed by atoms with Gasteiger partial charge in [-0.2, -0.15) is 0 Å². The van der Waals surface area contributed by atoms with Crippen molar-refractivity contribution >= 4 is 17.6 Å². The lowest BCUT2D eigenvalue weighted by Crippen LogP contribution is -2.08. The number of carbonyl (C=O) groups is 1. The number of rotatable bonds is 4. The van der Waals surface area contributed by atoms with Crippen LogP contribution >= 0.6 is 11.6 Å². The number of benzene rings is 3. The molecule has 0 N–H and O–H groups in total. The Labute approximate surface area is 140 Å². The van der Waals surface area contributed by atoms with Crippen LogP contribution in [0.2, 0.25) is 5.02 Å². The summed E-state index contributed by atoms with van der Waals surface area (Å²) in [4.78, 5) is 12.0. The molecule has 23 heavy (non-hydrogen) atoms. The Bertz CT molecular complexity index is 795. The van der Waals surface area contributed by atoms with Crippen LogP contribution in [-0.2, 0) is 6.42 Å². The van der Waals surface area contributed by atoms with Crippen LogP contribution in [0.1, 0.15) is 21.5 Å². The number of ether oxygens (including phenoxy) is 1. The van der Waals surface area contributed by atoms with Gasteiger partial charge in [0.25, 0.3) is 0 Å². The Morgan fingerprint density at radius 1 is 0.826 bits per heavy atom. The van der Waals surface area contributed by atoms with Crippen LogP contribution in [0.3, 0.4) is 0 Å². The summed E-state index contributed by atoms with van der Waals surface area (Å²) in [5.74, 6) is 0.172. The molecule has 0 heterocycles. The van der Waals surface area contributed by atoms with Crippen LogP contribution in [0.5, 0.6) is 5.75 Å². The average molecular weight is 323 g/mol. The van der Waals surface area contributed by atoms with Crippen LogP contribution in [0.25, 0.3) is 0 Å². The molecular weight excluding hydrogens is 308 g/mol. The fraction of sp³-hybridized carbons (Fsp3) is 0.0500. The normalized spacial score (nSPS) is 10.3. The maximum Gasteiger partial charge on any atom is 0.343 e. The van der Waals surface area contributed by atoms with E-state index in [1.165, 1.54) is 0 Å². The monoisotopic (exact) mass is 322 g/mol. The predicted octanol–water partition coefficient (Wildman–Crippen LogP) is 5.15. The van der Waals surface area contributed by atoms with Crippen LogP contribution in [-0.4, -0.2) is 5.97 Å². The fourth-order valence-electron chi connectivity index (χ4n) is 2.28. The molecule has 0 atom stereocenters. The van der Waals surface area contributed by atoms with Gasteiger partial charge in [0.05, 0.1) is 5.56 Å². The Kier molecular flexibility index (Phi) is 4.74. The summed E-state index contributed by atoms with van der Waals surface area (Å²) in [5, 5.41) is 0.757. The van der Waals surface area contributed by atoms with E-state index in [1.54, 1.807) is 24.3 Å². The molecule has 0 aliphatic carbocycles. The quantitative estimate of drug-likeness (QED) is 0.490. The molecule has 0 radical (unpaired) electrons. The molecule has 0 saturated heterocycles. The molecular formula is C20H15ClO2. The molecule has 0 fully saturated rings. The molecule has 0 aliphatic rings. The molecule has 0 saturated carbocycles. The lowest BCUT2D eigenvalue weighted by atomic mass is 10.1. The first-order valence-electron chi connectivity index (χ1n) is 7.32. The molecule has 0 bridgehead atoms. The van der Waals surface area contributed by atoms with Gasteiger partial charge in [-0.3, -0.25) is 0 Å². The van der Waals surface area contributed by atoms with E-state index in [0.29, 0.717) is 11.3 Å². The summed E-state index contributed by atoms with van der Waals surface area (Å²) in [7, 11) is 0. The van der Waals surface area contributed by atoms with Crippen LogP contribution in [0.4, 0.5) is 0 Å². The number of hydrogen-bond acceptors (Lipinski definition) is 2. The molecule has 0 unspecified atom stereocenters. The van der Waals surface area contributed by atoms with Crippen molar-refractivity contribution in [1.82, 2.24) is 0 Å². The molecule has 3 rings (SSSR count). The minimum absolute atomic E-state index is 0.357. The van der Waals surface area contributed by atoms with Crippen LogP contribution in [0, 0.1) is 0 Å². The van der Waals surface area contributed by atoms with Gasteiger partial charge in [0.15, 0.2) is 0 Å². The van der Waals surface area contributed by atoms with Crippen molar-refractivity contribution in [2.45, 2.75) is 6.42 Å². The van der Waals surface area contributed by atoms with Gasteiger partial charge < -0.3 is 4.74 Å². The smallest absolute Gasteiger partial charge is 0.343 e. The number of hydrogen-bond donors (Lipinski definition) is 0. The molecule has 0 spiro atoms. The SMILES string of the molecule is O=C(Oc1ccc(Cc2ccccc2Cl)cc1)c1ccccc1. The second kappa shape index (κ2) is 7.12. The zero-order valence-corrected chi connectivity index (χ0v) is 13.2. The second-order valence-electron chi connectivity index (χ2n) is 5.17. The van der Waals surface area contributed by atoms with E-state index in [4.69, 9.17) is 16.3 Å². The minimum Gasteiger partial charge on any atom is -0.423 e. The minimum atomic E-state index is -0.357. The third kappa shape index (κ3) is 3.99. The van der Waals surface area contributed by atoms with Gasteiger partial charge in [0.2, 0.25) is 0 Å². The first-order valence-corrected chi connectivity index (χ1v) is 7.70. The van der Waals surface area contributed by atoms with E-state index in [2.05, 4.69) is 0 Å². The Hall–Kier alpha value is -2.58. The first kappa shape index (κ1) is 15.3. The Morgan fingerprint density at radius 2 is 1.48 bits per heavy atom. The number of esters is 1. The largest absolute Gasteiger partial charge is 0.423 e. The third-order valence-electron chi connectivity index (χ3n) is 3.50. The standard InChI is InChI=1S/C20H15ClO2/c21-19-9-5-4-8-17(19)14-15-10-12-18(13-11-15)23-20(22)16-6-2-1-3-7-16/h1-13H,14H2. The van der Waals surface area contributed by atoms with Gasteiger partial charge in [-0.25, -0.2) is 4.79 Å². The summed E-state index contributed by atoms with van der Waals surface area (Å²) in [6.07, 6.45) is 0.743. The maximum atomic E-state index is 12.0. The molecule has 3 heteroatoms. The van der Waals surface area contributed by atoms with Gasteiger partial charge >= 0.3 is 5.97 Å². The van der Waals surface area contributed by atoms with Crippen molar-refractivity contribution in [2.75, 3.05) is 0 Å². The van der Waals surface area contributed by atoms with Crippen molar-refractivity contribution in [2.24, 2.45) is 0 Å². The average Bonchev–Trinajstić information content (AvgIpc) is 2.59. The predicted molar refractivity (Wildman–Crippen MR) is 92.1 cm³/mol. The van der Waals surface area contributed by atoms with Gasteiger partial charge in [-0.05, 0) is 47.9 Å². The van der Waals surface area contributed by atoms with Gasteiger partial charge in [-0.1, -0.05) is 60.1 Å². The molecule has 3 aromatic rings. The van der Waals surface area contributed by atoms with E-state index in [0.717, 1.165) is 22.6 Å². The highest BCUT2D eigenvalue weighted by molar-refractivity contribution is 6.31. The lowest BCUT2D eigenvalue weighted by Gasteiger charge is -2.07. The number of halogens is 1. The van der Waals surface area contributed by atoms with Crippen molar-refractivity contribution in [3.63, 3.8) is 0 Å². The summed E-state index contributed by atoms with van der Waals surface area (Å²) in [5.41, 5.74) is 2.72. The zero-order valence-electron chi connectivity index (χ0n) is 12.4. The molecule has 0 aliphatic heterocycles. The maximum absolute atomic E-state index is 12.0. The highest BCUT2D eigenvalue weighted by Crippen LogP contribution is 2.21. The van der Waals surface area contributed by atoms with Gasteiger partial charge in [-0.15, -0.1) is 0 Å².